The topological polar surface area (TPSA) is 80.8 Å². The van der Waals surface area contributed by atoms with Gasteiger partial charge in [0.1, 0.15) is 18.1 Å². The molecule has 0 aromatic carbocycles. The van der Waals surface area contributed by atoms with Crippen molar-refractivity contribution in [3.05, 3.63) is 47.6 Å². The lowest BCUT2D eigenvalue weighted by Gasteiger charge is -2.49. The van der Waals surface area contributed by atoms with E-state index in [1.165, 1.54) is 12.5 Å². The molecule has 1 amide bonds. The van der Waals surface area contributed by atoms with Crippen molar-refractivity contribution in [3.8, 4) is 11.6 Å². The molecule has 0 spiro atoms. The number of piperidine rings is 2. The standard InChI is InChI=1S/C23H23F3N4O3/c1-13-2-5-16(20(29-13)21-27-8-9-32-21)22(31)30-12-14-3-6-17(30)18(10-14)33-19-7-4-15(11-28-19)23(24,25)26/h2,5,8-9,11,14,17-18H,3-4,6-7,10,12H2,1H3. The van der Waals surface area contributed by atoms with Gasteiger partial charge >= 0.3 is 6.18 Å². The number of allylic oxidation sites excluding steroid dienone is 1. The van der Waals surface area contributed by atoms with E-state index in [0.717, 1.165) is 31.2 Å². The highest BCUT2D eigenvalue weighted by molar-refractivity contribution is 5.99. The Morgan fingerprint density at radius 3 is 2.76 bits per heavy atom. The molecule has 0 radical (unpaired) electrons. The molecule has 2 aromatic heterocycles. The lowest BCUT2D eigenvalue weighted by molar-refractivity contribution is -0.0945. The van der Waals surface area contributed by atoms with Crippen LogP contribution in [0.25, 0.3) is 11.6 Å². The zero-order chi connectivity index (χ0) is 23.2. The minimum absolute atomic E-state index is 0.101. The summed E-state index contributed by atoms with van der Waals surface area (Å²) < 4.78 is 50.1. The van der Waals surface area contributed by atoms with Crippen molar-refractivity contribution in [2.24, 2.45) is 10.9 Å². The number of aromatic nitrogens is 2. The average Bonchev–Trinajstić information content (AvgIpc) is 3.33. The first-order valence-corrected chi connectivity index (χ1v) is 11.0. The van der Waals surface area contributed by atoms with E-state index >= 15 is 0 Å². The number of fused-ring (bicyclic) bond motifs is 3. The molecule has 174 valence electrons. The second-order valence-corrected chi connectivity index (χ2v) is 8.72. The van der Waals surface area contributed by atoms with Gasteiger partial charge in [0.05, 0.1) is 23.4 Å². The number of amides is 1. The van der Waals surface area contributed by atoms with Crippen LogP contribution in [0.2, 0.25) is 0 Å². The predicted octanol–water partition coefficient (Wildman–Crippen LogP) is 4.69. The summed E-state index contributed by atoms with van der Waals surface area (Å²) in [7, 11) is 0. The number of aryl methyl sites for hydroxylation is 1. The Morgan fingerprint density at radius 2 is 2.09 bits per heavy atom. The highest BCUT2D eigenvalue weighted by Gasteiger charge is 2.45. The molecule has 33 heavy (non-hydrogen) atoms. The fourth-order valence-corrected chi connectivity index (χ4v) is 4.88. The van der Waals surface area contributed by atoms with Crippen LogP contribution in [0.4, 0.5) is 13.2 Å². The summed E-state index contributed by atoms with van der Waals surface area (Å²) in [5.74, 6) is 0.660. The third kappa shape index (κ3) is 4.26. The van der Waals surface area contributed by atoms with Crippen molar-refractivity contribution >= 4 is 11.8 Å². The van der Waals surface area contributed by atoms with Crippen LogP contribution in [0.15, 0.2) is 45.8 Å². The van der Waals surface area contributed by atoms with Crippen LogP contribution in [-0.4, -0.2) is 51.5 Å². The van der Waals surface area contributed by atoms with Gasteiger partial charge in [0.15, 0.2) is 5.90 Å². The van der Waals surface area contributed by atoms with Crippen LogP contribution in [0.3, 0.4) is 0 Å². The van der Waals surface area contributed by atoms with Gasteiger partial charge < -0.3 is 14.1 Å². The number of carbonyl (C=O) groups excluding carboxylic acids is 1. The predicted molar refractivity (Wildman–Crippen MR) is 112 cm³/mol. The Morgan fingerprint density at radius 1 is 1.24 bits per heavy atom. The summed E-state index contributed by atoms with van der Waals surface area (Å²) in [6, 6.07) is 3.32. The fourth-order valence-electron chi connectivity index (χ4n) is 4.88. The van der Waals surface area contributed by atoms with Crippen LogP contribution in [0.5, 0.6) is 0 Å². The maximum atomic E-state index is 13.6. The first-order valence-electron chi connectivity index (χ1n) is 11.0. The van der Waals surface area contributed by atoms with Crippen LogP contribution in [0.1, 0.15) is 48.2 Å². The molecular weight excluding hydrogens is 437 g/mol. The number of pyridine rings is 1. The summed E-state index contributed by atoms with van der Waals surface area (Å²) in [6.45, 7) is 2.43. The van der Waals surface area contributed by atoms with Crippen molar-refractivity contribution in [2.75, 3.05) is 6.54 Å². The van der Waals surface area contributed by atoms with Crippen molar-refractivity contribution < 1.29 is 27.1 Å². The van der Waals surface area contributed by atoms with E-state index in [1.807, 2.05) is 11.8 Å². The van der Waals surface area contributed by atoms with E-state index < -0.39 is 11.7 Å². The second-order valence-electron chi connectivity index (χ2n) is 8.72. The minimum Gasteiger partial charge on any atom is -0.475 e. The van der Waals surface area contributed by atoms with Crippen molar-refractivity contribution in [3.63, 3.8) is 0 Å². The van der Waals surface area contributed by atoms with Crippen molar-refractivity contribution in [1.82, 2.24) is 14.9 Å². The number of ether oxygens (including phenoxy) is 1. The third-order valence-electron chi connectivity index (χ3n) is 6.51. The quantitative estimate of drug-likeness (QED) is 0.664. The number of rotatable bonds is 3. The average molecular weight is 460 g/mol. The Kier molecular flexibility index (Phi) is 5.46. The summed E-state index contributed by atoms with van der Waals surface area (Å²) in [5, 5.41) is 0. The van der Waals surface area contributed by atoms with E-state index in [0.29, 0.717) is 23.7 Å². The highest BCUT2D eigenvalue weighted by Crippen LogP contribution is 2.39. The molecule has 3 unspecified atom stereocenters. The number of oxazole rings is 1. The van der Waals surface area contributed by atoms with E-state index in [1.54, 1.807) is 12.1 Å². The van der Waals surface area contributed by atoms with Crippen LogP contribution < -0.4 is 0 Å². The molecule has 1 saturated carbocycles. The molecule has 6 rings (SSSR count). The molecule has 3 fully saturated rings. The molecule has 10 heteroatoms. The number of alkyl halides is 3. The first kappa shape index (κ1) is 21.7. The maximum Gasteiger partial charge on any atom is 0.414 e. The fraction of sp³-hybridized carbons (Fsp3) is 0.478. The molecule has 0 N–H and O–H groups in total. The third-order valence-corrected chi connectivity index (χ3v) is 6.51. The van der Waals surface area contributed by atoms with Gasteiger partial charge in [-0.25, -0.2) is 15.0 Å². The molecule has 2 aromatic rings. The second kappa shape index (κ2) is 8.31. The molecule has 7 nitrogen and oxygen atoms in total. The van der Waals surface area contributed by atoms with Crippen molar-refractivity contribution in [2.45, 2.75) is 57.3 Å². The molecule has 5 heterocycles. The number of aliphatic imine (C=N–C) groups is 1. The SMILES string of the molecule is Cc1ccc(C(=O)N2CC3CCC2C(OC2=NC=C(C(F)(F)F)CC2)C3)c(-c2ncco2)n1. The Bertz CT molecular complexity index is 1110. The molecule has 1 aliphatic carbocycles. The molecule has 3 atom stereocenters. The summed E-state index contributed by atoms with van der Waals surface area (Å²) in [6.07, 6.45) is 1.57. The van der Waals surface area contributed by atoms with E-state index in [4.69, 9.17) is 9.15 Å². The first-order chi connectivity index (χ1) is 15.8. The van der Waals surface area contributed by atoms with Gasteiger partial charge in [-0.2, -0.15) is 13.2 Å². The largest absolute Gasteiger partial charge is 0.475 e. The summed E-state index contributed by atoms with van der Waals surface area (Å²) >= 11 is 0. The monoisotopic (exact) mass is 460 g/mol. The Labute approximate surface area is 188 Å². The number of carbonyl (C=O) groups is 1. The van der Waals surface area contributed by atoms with Gasteiger partial charge in [-0.1, -0.05) is 0 Å². The van der Waals surface area contributed by atoms with Crippen LogP contribution in [-0.2, 0) is 4.74 Å². The smallest absolute Gasteiger partial charge is 0.414 e. The normalized spacial score (nSPS) is 25.0. The van der Waals surface area contributed by atoms with E-state index in [2.05, 4.69) is 15.0 Å². The molecular formula is C23H23F3N4O3. The minimum atomic E-state index is -4.37. The molecule has 3 aliphatic heterocycles. The van der Waals surface area contributed by atoms with Gasteiger partial charge in [0.25, 0.3) is 5.91 Å². The van der Waals surface area contributed by atoms with Gasteiger partial charge in [-0.15, -0.1) is 0 Å². The molecule has 2 saturated heterocycles. The maximum absolute atomic E-state index is 13.6. The summed E-state index contributed by atoms with van der Waals surface area (Å²) in [4.78, 5) is 28.0. The van der Waals surface area contributed by atoms with Gasteiger partial charge in [-0.05, 0) is 50.7 Å². The number of nitrogens with zero attached hydrogens (tertiary/aromatic N) is 4. The number of halogens is 3. The number of hydrogen-bond acceptors (Lipinski definition) is 6. The van der Waals surface area contributed by atoms with E-state index in [9.17, 15) is 18.0 Å². The molecule has 4 aliphatic rings. The Hall–Kier alpha value is -3.17. The van der Waals surface area contributed by atoms with Crippen molar-refractivity contribution in [1.29, 1.82) is 0 Å². The lowest BCUT2D eigenvalue weighted by atomic mass is 9.77. The highest BCUT2D eigenvalue weighted by atomic mass is 19.4. The van der Waals surface area contributed by atoms with Gasteiger partial charge in [0.2, 0.25) is 5.89 Å². The zero-order valence-corrected chi connectivity index (χ0v) is 18.0. The Balaban J connectivity index is 1.37. The molecule has 2 bridgehead atoms. The van der Waals surface area contributed by atoms with Crippen LogP contribution >= 0.6 is 0 Å². The van der Waals surface area contributed by atoms with Gasteiger partial charge in [-0.3, -0.25) is 4.79 Å². The zero-order valence-electron chi connectivity index (χ0n) is 18.0. The van der Waals surface area contributed by atoms with Crippen LogP contribution in [0, 0.1) is 12.8 Å². The number of hydrogen-bond donors (Lipinski definition) is 0. The summed E-state index contributed by atoms with van der Waals surface area (Å²) in [5.41, 5.74) is 0.887. The van der Waals surface area contributed by atoms with E-state index in [-0.39, 0.29) is 42.7 Å². The lowest BCUT2D eigenvalue weighted by Crippen LogP contribution is -2.58. The van der Waals surface area contributed by atoms with Gasteiger partial charge in [0, 0.05) is 24.9 Å².